The standard InChI is InChI=1S/C14H16BrN5O5/c1-6(21)23-3-8-9(15)11(24-7(2)22)14(25-8)20-5-19-10-12(16)17-4-18-13(10)20/h4-5,8-9,11,14H,3H2,1-2H3,(H2,16,17,18)/t8-,9-,11-,14-/m1/s1. The number of aromatic nitrogens is 4. The van der Waals surface area contributed by atoms with Gasteiger partial charge in [0, 0.05) is 13.8 Å². The van der Waals surface area contributed by atoms with Gasteiger partial charge < -0.3 is 19.9 Å². The van der Waals surface area contributed by atoms with Crippen LogP contribution >= 0.6 is 15.9 Å². The molecule has 0 unspecified atom stereocenters. The Hall–Kier alpha value is -2.27. The molecule has 134 valence electrons. The number of alkyl halides is 1. The molecule has 0 amide bonds. The van der Waals surface area contributed by atoms with Gasteiger partial charge in [0.25, 0.3) is 0 Å². The number of nitrogen functional groups attached to an aromatic ring is 1. The van der Waals surface area contributed by atoms with E-state index in [-0.39, 0.29) is 12.4 Å². The second-order valence-electron chi connectivity index (χ2n) is 5.47. The van der Waals surface area contributed by atoms with Gasteiger partial charge in [-0.3, -0.25) is 14.2 Å². The first-order valence-electron chi connectivity index (χ1n) is 7.41. The maximum absolute atomic E-state index is 11.5. The minimum atomic E-state index is -0.715. The van der Waals surface area contributed by atoms with Crippen molar-refractivity contribution in [1.29, 1.82) is 0 Å². The molecule has 2 aromatic heterocycles. The monoisotopic (exact) mass is 413 g/mol. The van der Waals surface area contributed by atoms with Crippen molar-refractivity contribution in [2.75, 3.05) is 12.3 Å². The number of halogens is 1. The Bertz CT molecular complexity index is 812. The second kappa shape index (κ2) is 6.92. The Morgan fingerprint density at radius 3 is 2.76 bits per heavy atom. The summed E-state index contributed by atoms with van der Waals surface area (Å²) in [5.74, 6) is -0.656. The molecule has 1 aliphatic heterocycles. The van der Waals surface area contributed by atoms with Crippen LogP contribution in [-0.4, -0.2) is 55.1 Å². The molecule has 3 rings (SSSR count). The molecule has 2 N–H and O–H groups in total. The van der Waals surface area contributed by atoms with Gasteiger partial charge in [0.05, 0.1) is 11.2 Å². The van der Waals surface area contributed by atoms with Crippen molar-refractivity contribution in [3.8, 4) is 0 Å². The van der Waals surface area contributed by atoms with Gasteiger partial charge in [-0.25, -0.2) is 15.0 Å². The van der Waals surface area contributed by atoms with E-state index in [0.29, 0.717) is 11.2 Å². The first kappa shape index (κ1) is 17.5. The summed E-state index contributed by atoms with van der Waals surface area (Å²) in [4.78, 5) is 34.4. The van der Waals surface area contributed by atoms with Gasteiger partial charge in [-0.05, 0) is 0 Å². The fourth-order valence-corrected chi connectivity index (χ4v) is 3.27. The lowest BCUT2D eigenvalue weighted by molar-refractivity contribution is -0.152. The normalized spacial score (nSPS) is 25.9. The van der Waals surface area contributed by atoms with Crippen LogP contribution in [0.4, 0.5) is 5.82 Å². The fourth-order valence-electron chi connectivity index (χ4n) is 2.63. The number of hydrogen-bond acceptors (Lipinski definition) is 9. The topological polar surface area (TPSA) is 131 Å². The molecule has 0 bridgehead atoms. The van der Waals surface area contributed by atoms with E-state index in [1.807, 2.05) is 0 Å². The number of hydrogen-bond donors (Lipinski definition) is 1. The molecule has 3 heterocycles. The number of carbonyl (C=O) groups excluding carboxylic acids is 2. The molecular weight excluding hydrogens is 398 g/mol. The van der Waals surface area contributed by atoms with Crippen molar-refractivity contribution in [2.45, 2.75) is 37.1 Å². The average Bonchev–Trinajstić information content (AvgIpc) is 3.09. The Kier molecular flexibility index (Phi) is 4.86. The number of ether oxygens (including phenoxy) is 3. The molecule has 0 aliphatic carbocycles. The second-order valence-corrected chi connectivity index (χ2v) is 6.53. The number of esters is 2. The molecule has 11 heteroatoms. The Morgan fingerprint density at radius 1 is 1.32 bits per heavy atom. The van der Waals surface area contributed by atoms with Crippen LogP contribution in [0.2, 0.25) is 0 Å². The van der Waals surface area contributed by atoms with Crippen LogP contribution in [0.15, 0.2) is 12.7 Å². The first-order chi connectivity index (χ1) is 11.9. The predicted molar refractivity (Wildman–Crippen MR) is 88.5 cm³/mol. The zero-order chi connectivity index (χ0) is 18.1. The highest BCUT2D eigenvalue weighted by Crippen LogP contribution is 2.37. The smallest absolute Gasteiger partial charge is 0.303 e. The van der Waals surface area contributed by atoms with Crippen LogP contribution in [0.1, 0.15) is 20.1 Å². The van der Waals surface area contributed by atoms with Crippen molar-refractivity contribution in [3.63, 3.8) is 0 Å². The highest BCUT2D eigenvalue weighted by Gasteiger charge is 2.47. The van der Waals surface area contributed by atoms with Gasteiger partial charge in [-0.1, -0.05) is 15.9 Å². The minimum absolute atomic E-state index is 0.0171. The molecule has 0 radical (unpaired) electrons. The molecule has 1 saturated heterocycles. The Morgan fingerprint density at radius 2 is 2.08 bits per heavy atom. The summed E-state index contributed by atoms with van der Waals surface area (Å²) < 4.78 is 18.0. The van der Waals surface area contributed by atoms with Crippen LogP contribution < -0.4 is 5.73 Å². The number of fused-ring (bicyclic) bond motifs is 1. The van der Waals surface area contributed by atoms with E-state index in [1.165, 1.54) is 26.5 Å². The number of nitrogens with zero attached hydrogens (tertiary/aromatic N) is 4. The summed E-state index contributed by atoms with van der Waals surface area (Å²) in [6.45, 7) is 2.63. The van der Waals surface area contributed by atoms with Gasteiger partial charge in [0.15, 0.2) is 23.8 Å². The Labute approximate surface area is 150 Å². The maximum Gasteiger partial charge on any atom is 0.303 e. The highest BCUT2D eigenvalue weighted by molar-refractivity contribution is 9.09. The number of imidazole rings is 1. The summed E-state index contributed by atoms with van der Waals surface area (Å²) in [5.41, 5.74) is 6.66. The van der Waals surface area contributed by atoms with E-state index in [4.69, 9.17) is 19.9 Å². The first-order valence-corrected chi connectivity index (χ1v) is 8.33. The van der Waals surface area contributed by atoms with Crippen LogP contribution in [-0.2, 0) is 23.8 Å². The van der Waals surface area contributed by atoms with Gasteiger partial charge in [0.1, 0.15) is 24.6 Å². The molecule has 0 spiro atoms. The van der Waals surface area contributed by atoms with E-state index in [9.17, 15) is 9.59 Å². The van der Waals surface area contributed by atoms with Crippen LogP contribution in [0.3, 0.4) is 0 Å². The lowest BCUT2D eigenvalue weighted by Gasteiger charge is -2.21. The SMILES string of the molecule is CC(=O)OC[C@H]1O[C@@H](n2cnc3c(N)ncnc32)[C@H](OC(C)=O)[C@@H]1Br. The minimum Gasteiger partial charge on any atom is -0.463 e. The van der Waals surface area contributed by atoms with E-state index >= 15 is 0 Å². The summed E-state index contributed by atoms with van der Waals surface area (Å²) in [7, 11) is 0. The zero-order valence-electron chi connectivity index (χ0n) is 13.5. The number of rotatable bonds is 4. The summed E-state index contributed by atoms with van der Waals surface area (Å²) >= 11 is 3.47. The van der Waals surface area contributed by atoms with Crippen molar-refractivity contribution in [2.24, 2.45) is 0 Å². The number of nitrogens with two attached hydrogens (primary N) is 1. The van der Waals surface area contributed by atoms with Gasteiger partial charge in [-0.15, -0.1) is 0 Å². The molecule has 1 aliphatic rings. The summed E-state index contributed by atoms with van der Waals surface area (Å²) in [6, 6.07) is 0. The van der Waals surface area contributed by atoms with Crippen molar-refractivity contribution in [3.05, 3.63) is 12.7 Å². The third kappa shape index (κ3) is 3.42. The number of anilines is 1. The number of carbonyl (C=O) groups is 2. The molecule has 25 heavy (non-hydrogen) atoms. The quantitative estimate of drug-likeness (QED) is 0.563. The zero-order valence-corrected chi connectivity index (χ0v) is 15.0. The molecule has 4 atom stereocenters. The van der Waals surface area contributed by atoms with Crippen molar-refractivity contribution in [1.82, 2.24) is 19.5 Å². The lowest BCUT2D eigenvalue weighted by atomic mass is 10.2. The Balaban J connectivity index is 1.94. The van der Waals surface area contributed by atoms with Gasteiger partial charge in [-0.2, -0.15) is 0 Å². The van der Waals surface area contributed by atoms with Crippen LogP contribution in [0.5, 0.6) is 0 Å². The molecule has 10 nitrogen and oxygen atoms in total. The van der Waals surface area contributed by atoms with Crippen molar-refractivity contribution < 1.29 is 23.8 Å². The van der Waals surface area contributed by atoms with E-state index in [0.717, 1.165) is 0 Å². The predicted octanol–water partition coefficient (Wildman–Crippen LogP) is 0.564. The van der Waals surface area contributed by atoms with Gasteiger partial charge >= 0.3 is 11.9 Å². The molecule has 0 aromatic carbocycles. The summed E-state index contributed by atoms with van der Waals surface area (Å²) in [5, 5.41) is 0. The van der Waals surface area contributed by atoms with E-state index in [1.54, 1.807) is 4.57 Å². The van der Waals surface area contributed by atoms with Crippen molar-refractivity contribution >= 4 is 44.9 Å². The third-order valence-electron chi connectivity index (χ3n) is 3.68. The maximum atomic E-state index is 11.5. The molecule has 2 aromatic rings. The van der Waals surface area contributed by atoms with E-state index in [2.05, 4.69) is 30.9 Å². The third-order valence-corrected chi connectivity index (χ3v) is 4.79. The molecule has 0 saturated carbocycles. The molecular formula is C14H16BrN5O5. The van der Waals surface area contributed by atoms with E-state index < -0.39 is 35.2 Å². The van der Waals surface area contributed by atoms with Crippen LogP contribution in [0.25, 0.3) is 11.2 Å². The lowest BCUT2D eigenvalue weighted by Crippen LogP contribution is -2.33. The average molecular weight is 414 g/mol. The van der Waals surface area contributed by atoms with Crippen LogP contribution in [0, 0.1) is 0 Å². The fraction of sp³-hybridized carbons (Fsp3) is 0.500. The summed E-state index contributed by atoms with van der Waals surface area (Å²) in [6.07, 6.45) is 0.896. The van der Waals surface area contributed by atoms with Gasteiger partial charge in [0.2, 0.25) is 0 Å². The highest BCUT2D eigenvalue weighted by atomic mass is 79.9. The largest absolute Gasteiger partial charge is 0.463 e. The molecule has 1 fully saturated rings.